The first-order valence-electron chi connectivity index (χ1n) is 12.4. The van der Waals surface area contributed by atoms with Crippen molar-refractivity contribution in [1.82, 2.24) is 29.6 Å². The molecule has 1 amide bonds. The zero-order valence-corrected chi connectivity index (χ0v) is 23.3. The lowest BCUT2D eigenvalue weighted by molar-refractivity contribution is 0.0511. The third-order valence-electron chi connectivity index (χ3n) is 7.12. The zero-order valence-electron chi connectivity index (χ0n) is 20.9. The SMILES string of the molecule is CN1CCc2nc(C(=O)N3CCN(S(=O)(=O)c4cc5cc(Cl)ccc5[nH]4)CC3CCC3=NS(=O)ON3)oc2C1. The van der Waals surface area contributed by atoms with Gasteiger partial charge in [0.15, 0.2) is 0 Å². The molecule has 0 bridgehead atoms. The standard InChI is InChI=1S/C23H26ClN7O6S2/c1-29-7-6-18-19(13-29)36-22(26-18)23(32)31-9-8-30(12-16(31)3-5-20-27-37-38(33)28-20)39(34,35)21-11-14-10-15(24)2-4-17(14)25-21/h2,4,10-11,16,25H,3,5-9,12-13H2,1H3,(H,27,28). The lowest BCUT2D eigenvalue weighted by Gasteiger charge is -2.40. The van der Waals surface area contributed by atoms with E-state index in [0.717, 1.165) is 12.2 Å². The van der Waals surface area contributed by atoms with Crippen LogP contribution >= 0.6 is 11.6 Å². The number of H-pyrrole nitrogens is 1. The molecule has 5 heterocycles. The van der Waals surface area contributed by atoms with Gasteiger partial charge in [0.1, 0.15) is 16.6 Å². The second-order valence-electron chi connectivity index (χ2n) is 9.74. The van der Waals surface area contributed by atoms with Gasteiger partial charge in [-0.25, -0.2) is 23.1 Å². The number of sulfonamides is 1. The van der Waals surface area contributed by atoms with Gasteiger partial charge < -0.3 is 14.3 Å². The Morgan fingerprint density at radius 2 is 2.10 bits per heavy atom. The minimum absolute atomic E-state index is 0.00451. The molecule has 208 valence electrons. The van der Waals surface area contributed by atoms with E-state index in [9.17, 15) is 17.4 Å². The number of fused-ring (bicyclic) bond motifs is 2. The van der Waals surface area contributed by atoms with Crippen LogP contribution in [-0.4, -0.2) is 87.7 Å². The van der Waals surface area contributed by atoms with Crippen molar-refractivity contribution in [3.8, 4) is 0 Å². The van der Waals surface area contributed by atoms with Crippen molar-refractivity contribution in [3.63, 3.8) is 0 Å². The summed E-state index contributed by atoms with van der Waals surface area (Å²) in [4.78, 5) is 24.7. The van der Waals surface area contributed by atoms with Crippen LogP contribution in [0.5, 0.6) is 0 Å². The second-order valence-corrected chi connectivity index (χ2v) is 12.9. The Kier molecular flexibility index (Phi) is 6.97. The molecule has 0 radical (unpaired) electrons. The van der Waals surface area contributed by atoms with Crippen molar-refractivity contribution in [3.05, 3.63) is 46.6 Å². The number of benzene rings is 1. The number of carbonyl (C=O) groups is 1. The number of oxazole rings is 1. The summed E-state index contributed by atoms with van der Waals surface area (Å²) in [5.74, 6) is 0.649. The topological polar surface area (TPSA) is 153 Å². The molecular formula is C23H26ClN7O6S2. The average molecular weight is 596 g/mol. The number of hydrogen-bond donors (Lipinski definition) is 2. The van der Waals surface area contributed by atoms with Crippen LogP contribution in [0.25, 0.3) is 10.9 Å². The molecule has 0 aliphatic carbocycles. The van der Waals surface area contributed by atoms with Crippen molar-refractivity contribution in [2.75, 3.05) is 33.2 Å². The number of piperazine rings is 1. The Morgan fingerprint density at radius 1 is 1.26 bits per heavy atom. The molecule has 6 rings (SSSR count). The Labute approximate surface area is 231 Å². The van der Waals surface area contributed by atoms with Gasteiger partial charge in [0.05, 0.1) is 12.2 Å². The molecule has 13 nitrogen and oxygen atoms in total. The van der Waals surface area contributed by atoms with Crippen LogP contribution in [0.3, 0.4) is 0 Å². The number of rotatable bonds is 6. The molecule has 2 atom stereocenters. The Balaban J connectivity index is 1.25. The van der Waals surface area contributed by atoms with Crippen LogP contribution in [0.1, 0.15) is 35.0 Å². The maximum absolute atomic E-state index is 13.6. The Bertz CT molecular complexity index is 1600. The van der Waals surface area contributed by atoms with Gasteiger partial charge in [-0.1, -0.05) is 11.6 Å². The first-order chi connectivity index (χ1) is 18.7. The van der Waals surface area contributed by atoms with Gasteiger partial charge in [-0.15, -0.1) is 4.40 Å². The number of aromatic amines is 1. The molecule has 0 spiro atoms. The third kappa shape index (κ3) is 5.21. The number of nitrogens with one attached hydrogen (secondary N) is 2. The van der Waals surface area contributed by atoms with Gasteiger partial charge >= 0.3 is 17.2 Å². The number of aromatic nitrogens is 2. The molecule has 1 aromatic carbocycles. The largest absolute Gasteiger partial charge is 0.436 e. The fourth-order valence-corrected chi connectivity index (χ4v) is 7.24. The van der Waals surface area contributed by atoms with Crippen LogP contribution in [-0.2, 0) is 38.5 Å². The fourth-order valence-electron chi connectivity index (χ4n) is 5.06. The van der Waals surface area contributed by atoms with Crippen molar-refractivity contribution in [2.45, 2.75) is 36.9 Å². The van der Waals surface area contributed by atoms with Crippen molar-refractivity contribution < 1.29 is 26.1 Å². The van der Waals surface area contributed by atoms with E-state index in [1.54, 1.807) is 29.2 Å². The van der Waals surface area contributed by atoms with E-state index in [2.05, 4.69) is 24.7 Å². The molecular weight excluding hydrogens is 570 g/mol. The first kappa shape index (κ1) is 26.4. The van der Waals surface area contributed by atoms with E-state index in [1.807, 2.05) is 7.05 Å². The number of nitrogens with zero attached hydrogens (tertiary/aromatic N) is 5. The van der Waals surface area contributed by atoms with E-state index in [0.29, 0.717) is 53.3 Å². The summed E-state index contributed by atoms with van der Waals surface area (Å²) in [6.07, 6.45) is 1.33. The van der Waals surface area contributed by atoms with Gasteiger partial charge in [0.2, 0.25) is 0 Å². The van der Waals surface area contributed by atoms with E-state index < -0.39 is 33.2 Å². The van der Waals surface area contributed by atoms with Gasteiger partial charge in [-0.2, -0.15) is 8.59 Å². The smallest absolute Gasteiger partial charge is 0.310 e. The fraction of sp³-hybridized carbons (Fsp3) is 0.435. The highest BCUT2D eigenvalue weighted by Crippen LogP contribution is 2.28. The Hall–Kier alpha value is -2.82. The third-order valence-corrected chi connectivity index (χ3v) is 9.73. The summed E-state index contributed by atoms with van der Waals surface area (Å²) in [7, 11) is -1.93. The number of halogens is 1. The molecule has 2 unspecified atom stereocenters. The number of hydroxylamine groups is 1. The normalized spacial score (nSPS) is 22.6. The van der Waals surface area contributed by atoms with Crippen molar-refractivity contribution in [1.29, 1.82) is 0 Å². The summed E-state index contributed by atoms with van der Waals surface area (Å²) in [6.45, 7) is 1.68. The van der Waals surface area contributed by atoms with E-state index in [4.69, 9.17) is 20.3 Å². The summed E-state index contributed by atoms with van der Waals surface area (Å²) >= 11 is 4.26. The quantitative estimate of drug-likeness (QED) is 0.432. The minimum Gasteiger partial charge on any atom is -0.436 e. The highest BCUT2D eigenvalue weighted by atomic mass is 35.5. The molecule has 3 aromatic rings. The number of carbonyl (C=O) groups excluding carboxylic acids is 1. The molecule has 16 heteroatoms. The zero-order chi connectivity index (χ0) is 27.3. The molecule has 1 fully saturated rings. The number of amides is 1. The lowest BCUT2D eigenvalue weighted by Crippen LogP contribution is -2.56. The molecule has 1 saturated heterocycles. The lowest BCUT2D eigenvalue weighted by atomic mass is 10.1. The highest BCUT2D eigenvalue weighted by Gasteiger charge is 2.39. The monoisotopic (exact) mass is 595 g/mol. The molecule has 2 aromatic heterocycles. The van der Waals surface area contributed by atoms with Gasteiger partial charge in [0.25, 0.3) is 15.9 Å². The van der Waals surface area contributed by atoms with E-state index >= 15 is 0 Å². The predicted octanol–water partition coefficient (Wildman–Crippen LogP) is 1.60. The molecule has 2 N–H and O–H groups in total. The summed E-state index contributed by atoms with van der Waals surface area (Å²) in [6, 6.07) is 6.14. The van der Waals surface area contributed by atoms with Crippen LogP contribution in [0.4, 0.5) is 0 Å². The Morgan fingerprint density at radius 3 is 2.90 bits per heavy atom. The van der Waals surface area contributed by atoms with Crippen LogP contribution in [0.15, 0.2) is 38.1 Å². The van der Waals surface area contributed by atoms with Gasteiger partial charge in [-0.3, -0.25) is 9.69 Å². The van der Waals surface area contributed by atoms with Crippen LogP contribution < -0.4 is 5.48 Å². The summed E-state index contributed by atoms with van der Waals surface area (Å²) in [5, 5.41) is 1.24. The number of likely N-dealkylation sites (N-methyl/N-ethyl adjacent to an activating group) is 1. The van der Waals surface area contributed by atoms with Gasteiger partial charge in [-0.05, 0) is 37.7 Å². The maximum Gasteiger partial charge on any atom is 0.310 e. The molecule has 39 heavy (non-hydrogen) atoms. The highest BCUT2D eigenvalue weighted by molar-refractivity contribution is 7.89. The predicted molar refractivity (Wildman–Crippen MR) is 142 cm³/mol. The van der Waals surface area contributed by atoms with Gasteiger partial charge in [0, 0.05) is 61.0 Å². The maximum atomic E-state index is 13.6. The molecule has 3 aliphatic heterocycles. The minimum atomic E-state index is -3.90. The number of hydrogen-bond acceptors (Lipinski definition) is 9. The average Bonchev–Trinajstić information content (AvgIpc) is 3.64. The summed E-state index contributed by atoms with van der Waals surface area (Å²) in [5.41, 5.74) is 3.94. The van der Waals surface area contributed by atoms with Crippen LogP contribution in [0, 0.1) is 0 Å². The first-order valence-corrected chi connectivity index (χ1v) is 15.2. The van der Waals surface area contributed by atoms with Crippen LogP contribution in [0.2, 0.25) is 5.02 Å². The van der Waals surface area contributed by atoms with E-state index in [-0.39, 0.29) is 30.6 Å². The molecule has 3 aliphatic rings. The molecule has 0 saturated carbocycles. The second kappa shape index (κ2) is 10.3. The number of amidine groups is 1. The summed E-state index contributed by atoms with van der Waals surface area (Å²) < 4.78 is 54.6. The van der Waals surface area contributed by atoms with E-state index in [1.165, 1.54) is 4.31 Å². The van der Waals surface area contributed by atoms with Crippen molar-refractivity contribution >= 4 is 55.5 Å². The van der Waals surface area contributed by atoms with Crippen molar-refractivity contribution in [2.24, 2.45) is 4.40 Å².